The Balaban J connectivity index is 2.49. The van der Waals surface area contributed by atoms with Crippen LogP contribution in [-0.2, 0) is 0 Å². The van der Waals surface area contributed by atoms with Crippen LogP contribution in [0.1, 0.15) is 21.5 Å². The molecule has 0 fully saturated rings. The molecule has 2 aromatic carbocycles. The lowest BCUT2D eigenvalue weighted by atomic mass is 10.00. The molecule has 21 heavy (non-hydrogen) atoms. The van der Waals surface area contributed by atoms with Gasteiger partial charge in [-0.05, 0) is 36.8 Å². The van der Waals surface area contributed by atoms with Gasteiger partial charge in [-0.25, -0.2) is 0 Å². The van der Waals surface area contributed by atoms with Crippen LogP contribution < -0.4 is 14.2 Å². The number of hydrogen-bond acceptors (Lipinski definition) is 4. The van der Waals surface area contributed by atoms with Crippen molar-refractivity contribution in [2.45, 2.75) is 6.92 Å². The lowest BCUT2D eigenvalue weighted by Crippen LogP contribution is -2.06. The summed E-state index contributed by atoms with van der Waals surface area (Å²) in [5, 5.41) is 0. The minimum atomic E-state index is -0.147. The van der Waals surface area contributed by atoms with Crippen molar-refractivity contribution in [2.24, 2.45) is 0 Å². The normalized spacial score (nSPS) is 10.1. The average molecular weight is 286 g/mol. The van der Waals surface area contributed by atoms with E-state index in [1.54, 1.807) is 38.5 Å². The van der Waals surface area contributed by atoms with Crippen molar-refractivity contribution in [3.05, 3.63) is 53.1 Å². The maximum absolute atomic E-state index is 12.7. The van der Waals surface area contributed by atoms with Crippen molar-refractivity contribution < 1.29 is 19.0 Å². The zero-order valence-electron chi connectivity index (χ0n) is 12.6. The lowest BCUT2D eigenvalue weighted by molar-refractivity contribution is 0.103. The number of benzene rings is 2. The van der Waals surface area contributed by atoms with Gasteiger partial charge in [-0.15, -0.1) is 0 Å². The third kappa shape index (κ3) is 2.99. The van der Waals surface area contributed by atoms with E-state index in [0.29, 0.717) is 28.4 Å². The van der Waals surface area contributed by atoms with Crippen molar-refractivity contribution >= 4 is 5.78 Å². The standard InChI is InChI=1S/C17H18O4/c1-11-5-7-13(15(9-11)20-3)17(18)14-8-6-12(19-2)10-16(14)21-4/h5-10H,1-4H3. The number of ketones is 1. The number of hydrogen-bond donors (Lipinski definition) is 0. The molecular formula is C17H18O4. The molecule has 0 aliphatic rings. The summed E-state index contributed by atoms with van der Waals surface area (Å²) in [6.45, 7) is 1.95. The first kappa shape index (κ1) is 14.9. The van der Waals surface area contributed by atoms with E-state index in [1.165, 1.54) is 7.11 Å². The molecule has 4 nitrogen and oxygen atoms in total. The van der Waals surface area contributed by atoms with Crippen molar-refractivity contribution in [1.29, 1.82) is 0 Å². The smallest absolute Gasteiger partial charge is 0.200 e. The SMILES string of the molecule is COc1ccc(C(=O)c2ccc(C)cc2OC)c(OC)c1. The van der Waals surface area contributed by atoms with Crippen molar-refractivity contribution in [1.82, 2.24) is 0 Å². The topological polar surface area (TPSA) is 44.8 Å². The summed E-state index contributed by atoms with van der Waals surface area (Å²) < 4.78 is 15.7. The van der Waals surface area contributed by atoms with Gasteiger partial charge in [0, 0.05) is 6.07 Å². The summed E-state index contributed by atoms with van der Waals surface area (Å²) in [4.78, 5) is 12.7. The Labute approximate surface area is 124 Å². The quantitative estimate of drug-likeness (QED) is 0.791. The molecule has 0 radical (unpaired) electrons. The predicted octanol–water partition coefficient (Wildman–Crippen LogP) is 3.25. The van der Waals surface area contributed by atoms with Gasteiger partial charge < -0.3 is 14.2 Å². The minimum absolute atomic E-state index is 0.147. The Bertz CT molecular complexity index is 662. The van der Waals surface area contributed by atoms with Gasteiger partial charge in [0.25, 0.3) is 0 Å². The van der Waals surface area contributed by atoms with Gasteiger partial charge in [0.05, 0.1) is 32.5 Å². The Kier molecular flexibility index (Phi) is 4.48. The van der Waals surface area contributed by atoms with Gasteiger partial charge in [-0.3, -0.25) is 4.79 Å². The molecule has 0 aromatic heterocycles. The first-order valence-electron chi connectivity index (χ1n) is 6.52. The molecule has 0 aliphatic carbocycles. The van der Waals surface area contributed by atoms with E-state index in [-0.39, 0.29) is 5.78 Å². The molecule has 2 rings (SSSR count). The Hall–Kier alpha value is -2.49. The molecule has 0 heterocycles. The fourth-order valence-electron chi connectivity index (χ4n) is 2.12. The lowest BCUT2D eigenvalue weighted by Gasteiger charge is -2.12. The maximum Gasteiger partial charge on any atom is 0.200 e. The van der Waals surface area contributed by atoms with Crippen molar-refractivity contribution in [3.63, 3.8) is 0 Å². The average Bonchev–Trinajstić information content (AvgIpc) is 2.53. The molecule has 0 saturated carbocycles. The number of ether oxygens (including phenoxy) is 3. The molecule has 0 unspecified atom stereocenters. The van der Waals surface area contributed by atoms with E-state index in [1.807, 2.05) is 19.1 Å². The van der Waals surface area contributed by atoms with E-state index < -0.39 is 0 Å². The van der Waals surface area contributed by atoms with Gasteiger partial charge in [0.2, 0.25) is 0 Å². The molecule has 0 bridgehead atoms. The Morgan fingerprint density at radius 1 is 0.810 bits per heavy atom. The second kappa shape index (κ2) is 6.31. The van der Waals surface area contributed by atoms with E-state index in [2.05, 4.69) is 0 Å². The van der Waals surface area contributed by atoms with Crippen LogP contribution in [0.2, 0.25) is 0 Å². The number of methoxy groups -OCH3 is 3. The molecule has 0 saturated heterocycles. The molecule has 0 amide bonds. The van der Waals surface area contributed by atoms with Crippen LogP contribution in [0.25, 0.3) is 0 Å². The highest BCUT2D eigenvalue weighted by Gasteiger charge is 2.19. The largest absolute Gasteiger partial charge is 0.497 e. The number of aryl methyl sites for hydroxylation is 1. The number of rotatable bonds is 5. The van der Waals surface area contributed by atoms with Crippen molar-refractivity contribution in [3.8, 4) is 17.2 Å². The Morgan fingerprint density at radius 3 is 1.95 bits per heavy atom. The number of carbonyl (C=O) groups excluding carboxylic acids is 1. The monoisotopic (exact) mass is 286 g/mol. The highest BCUT2D eigenvalue weighted by atomic mass is 16.5. The summed E-state index contributed by atoms with van der Waals surface area (Å²) >= 11 is 0. The molecular weight excluding hydrogens is 268 g/mol. The molecule has 0 aliphatic heterocycles. The molecule has 4 heteroatoms. The van der Waals surface area contributed by atoms with Gasteiger partial charge in [0.1, 0.15) is 17.2 Å². The van der Waals surface area contributed by atoms with E-state index in [4.69, 9.17) is 14.2 Å². The van der Waals surface area contributed by atoms with E-state index in [9.17, 15) is 4.79 Å². The van der Waals surface area contributed by atoms with Crippen LogP contribution >= 0.6 is 0 Å². The first-order chi connectivity index (χ1) is 10.1. The third-order valence-corrected chi connectivity index (χ3v) is 3.25. The van der Waals surface area contributed by atoms with Crippen LogP contribution in [-0.4, -0.2) is 27.1 Å². The van der Waals surface area contributed by atoms with E-state index >= 15 is 0 Å². The van der Waals surface area contributed by atoms with Gasteiger partial charge in [-0.1, -0.05) is 6.07 Å². The Morgan fingerprint density at radius 2 is 1.38 bits per heavy atom. The zero-order chi connectivity index (χ0) is 15.4. The molecule has 0 N–H and O–H groups in total. The first-order valence-corrected chi connectivity index (χ1v) is 6.52. The second-order valence-electron chi connectivity index (χ2n) is 4.60. The fraction of sp³-hybridized carbons (Fsp3) is 0.235. The second-order valence-corrected chi connectivity index (χ2v) is 4.60. The van der Waals surface area contributed by atoms with Crippen LogP contribution in [0.3, 0.4) is 0 Å². The molecule has 0 atom stereocenters. The number of carbonyl (C=O) groups is 1. The van der Waals surface area contributed by atoms with E-state index in [0.717, 1.165) is 5.56 Å². The summed E-state index contributed by atoms with van der Waals surface area (Å²) in [7, 11) is 4.65. The van der Waals surface area contributed by atoms with Crippen LogP contribution in [0.4, 0.5) is 0 Å². The zero-order valence-corrected chi connectivity index (χ0v) is 12.6. The maximum atomic E-state index is 12.7. The third-order valence-electron chi connectivity index (χ3n) is 3.25. The summed E-state index contributed by atoms with van der Waals surface area (Å²) in [6, 6.07) is 10.6. The predicted molar refractivity (Wildman–Crippen MR) is 80.7 cm³/mol. The summed E-state index contributed by atoms with van der Waals surface area (Å²) in [5.74, 6) is 1.52. The highest BCUT2D eigenvalue weighted by Crippen LogP contribution is 2.30. The van der Waals surface area contributed by atoms with Crippen molar-refractivity contribution in [2.75, 3.05) is 21.3 Å². The molecule has 110 valence electrons. The molecule has 0 spiro atoms. The van der Waals surface area contributed by atoms with Gasteiger partial charge in [-0.2, -0.15) is 0 Å². The van der Waals surface area contributed by atoms with Crippen LogP contribution in [0, 0.1) is 6.92 Å². The fourth-order valence-corrected chi connectivity index (χ4v) is 2.12. The molecule has 2 aromatic rings. The van der Waals surface area contributed by atoms with Gasteiger partial charge in [0.15, 0.2) is 5.78 Å². The van der Waals surface area contributed by atoms with Crippen LogP contribution in [0.15, 0.2) is 36.4 Å². The summed E-state index contributed by atoms with van der Waals surface area (Å²) in [6.07, 6.45) is 0. The van der Waals surface area contributed by atoms with Crippen LogP contribution in [0.5, 0.6) is 17.2 Å². The summed E-state index contributed by atoms with van der Waals surface area (Å²) in [5.41, 5.74) is 2.01. The van der Waals surface area contributed by atoms with Gasteiger partial charge >= 0.3 is 0 Å². The minimum Gasteiger partial charge on any atom is -0.497 e. The highest BCUT2D eigenvalue weighted by molar-refractivity contribution is 6.12.